The van der Waals surface area contributed by atoms with Crippen LogP contribution in [0.4, 0.5) is 0 Å². The standard InChI is InChI=1S/C29H24BrN/c1-3-29(4-2)25-17-19(30)13-15-21(25)24-10-7-9-20(28(24)29)18-12-14-23-22-8-5-6-11-26(22)31-27(23)16-18/h5-17,31H,3-4H2,1-2H3. The van der Waals surface area contributed by atoms with Crippen molar-refractivity contribution in [1.29, 1.82) is 0 Å². The van der Waals surface area contributed by atoms with Crippen LogP contribution in [0.15, 0.2) is 83.3 Å². The van der Waals surface area contributed by atoms with E-state index in [-0.39, 0.29) is 5.41 Å². The van der Waals surface area contributed by atoms with E-state index in [0.29, 0.717) is 0 Å². The molecule has 5 aromatic rings. The molecule has 0 spiro atoms. The minimum Gasteiger partial charge on any atom is -0.354 e. The Kier molecular flexibility index (Phi) is 4.16. The normalized spacial score (nSPS) is 14.2. The van der Waals surface area contributed by atoms with Crippen LogP contribution >= 0.6 is 15.9 Å². The zero-order valence-corrected chi connectivity index (χ0v) is 19.4. The summed E-state index contributed by atoms with van der Waals surface area (Å²) in [5.41, 5.74) is 10.8. The van der Waals surface area contributed by atoms with Crippen molar-refractivity contribution in [3.63, 3.8) is 0 Å². The van der Waals surface area contributed by atoms with Gasteiger partial charge in [-0.3, -0.25) is 0 Å². The zero-order chi connectivity index (χ0) is 21.2. The summed E-state index contributed by atoms with van der Waals surface area (Å²) in [6.07, 6.45) is 2.18. The molecule has 0 radical (unpaired) electrons. The molecule has 1 aliphatic carbocycles. The summed E-state index contributed by atoms with van der Waals surface area (Å²) in [4.78, 5) is 3.62. The van der Waals surface area contributed by atoms with Gasteiger partial charge in [0.2, 0.25) is 0 Å². The Balaban J connectivity index is 1.63. The second-order valence-corrected chi connectivity index (χ2v) is 9.55. The Hall–Kier alpha value is -2.84. The third-order valence-electron chi connectivity index (χ3n) is 7.35. The highest BCUT2D eigenvalue weighted by Gasteiger charge is 2.42. The molecule has 0 atom stereocenters. The summed E-state index contributed by atoms with van der Waals surface area (Å²) >= 11 is 3.72. The van der Waals surface area contributed by atoms with Crippen LogP contribution < -0.4 is 0 Å². The Morgan fingerprint density at radius 2 is 1.48 bits per heavy atom. The van der Waals surface area contributed by atoms with Gasteiger partial charge in [0.25, 0.3) is 0 Å². The smallest absolute Gasteiger partial charge is 0.0471 e. The lowest BCUT2D eigenvalue weighted by Gasteiger charge is -2.31. The predicted molar refractivity (Wildman–Crippen MR) is 136 cm³/mol. The molecule has 0 bridgehead atoms. The second kappa shape index (κ2) is 6.83. The average Bonchev–Trinajstić information content (AvgIpc) is 3.31. The molecule has 4 aromatic carbocycles. The molecule has 0 saturated carbocycles. The third-order valence-corrected chi connectivity index (χ3v) is 7.85. The molecule has 0 fully saturated rings. The number of rotatable bonds is 3. The fourth-order valence-electron chi connectivity index (χ4n) is 5.82. The van der Waals surface area contributed by atoms with Gasteiger partial charge in [-0.15, -0.1) is 0 Å². The molecule has 1 heterocycles. The number of para-hydroxylation sites is 1. The van der Waals surface area contributed by atoms with Gasteiger partial charge in [0.15, 0.2) is 0 Å². The Labute approximate surface area is 191 Å². The van der Waals surface area contributed by atoms with E-state index in [0.717, 1.165) is 17.3 Å². The van der Waals surface area contributed by atoms with Crippen molar-refractivity contribution in [2.45, 2.75) is 32.1 Å². The first kappa shape index (κ1) is 18.9. The molecule has 1 N–H and O–H groups in total. The molecule has 0 saturated heterocycles. The van der Waals surface area contributed by atoms with Crippen LogP contribution in [-0.2, 0) is 5.41 Å². The Bertz CT molecular complexity index is 1470. The highest BCUT2D eigenvalue weighted by Crippen LogP contribution is 2.56. The molecule has 1 nitrogen and oxygen atoms in total. The van der Waals surface area contributed by atoms with Crippen LogP contribution in [0.3, 0.4) is 0 Å². The van der Waals surface area contributed by atoms with E-state index < -0.39 is 0 Å². The highest BCUT2D eigenvalue weighted by molar-refractivity contribution is 9.10. The van der Waals surface area contributed by atoms with Gasteiger partial charge in [-0.1, -0.05) is 84.4 Å². The van der Waals surface area contributed by atoms with Gasteiger partial charge in [0, 0.05) is 31.7 Å². The maximum atomic E-state index is 3.72. The predicted octanol–water partition coefficient (Wildman–Crippen LogP) is 8.84. The van der Waals surface area contributed by atoms with Crippen molar-refractivity contribution in [3.05, 3.63) is 94.5 Å². The van der Waals surface area contributed by atoms with E-state index in [2.05, 4.69) is 114 Å². The SMILES string of the molecule is CCC1(CC)c2cc(Br)ccc2-c2cccc(-c3ccc4c(c3)[nH]c3ccccc34)c21. The first-order valence-corrected chi connectivity index (χ1v) is 11.9. The van der Waals surface area contributed by atoms with Crippen LogP contribution in [0.2, 0.25) is 0 Å². The molecule has 1 aliphatic rings. The largest absolute Gasteiger partial charge is 0.354 e. The number of aromatic amines is 1. The number of aromatic nitrogens is 1. The van der Waals surface area contributed by atoms with E-state index in [1.807, 2.05) is 0 Å². The van der Waals surface area contributed by atoms with Crippen molar-refractivity contribution in [3.8, 4) is 22.3 Å². The Morgan fingerprint density at radius 3 is 2.32 bits per heavy atom. The lowest BCUT2D eigenvalue weighted by atomic mass is 9.71. The molecular weight excluding hydrogens is 442 g/mol. The molecule has 152 valence electrons. The summed E-state index contributed by atoms with van der Waals surface area (Å²) in [6.45, 7) is 4.67. The maximum absolute atomic E-state index is 3.72. The van der Waals surface area contributed by atoms with Crippen LogP contribution in [0.25, 0.3) is 44.1 Å². The fraction of sp³-hybridized carbons (Fsp3) is 0.172. The van der Waals surface area contributed by atoms with E-state index in [9.17, 15) is 0 Å². The first-order chi connectivity index (χ1) is 15.2. The molecule has 0 amide bonds. The van der Waals surface area contributed by atoms with Gasteiger partial charge in [0.1, 0.15) is 0 Å². The summed E-state index contributed by atoms with van der Waals surface area (Å²) in [6, 6.07) is 29.1. The number of benzene rings is 4. The monoisotopic (exact) mass is 465 g/mol. The molecule has 31 heavy (non-hydrogen) atoms. The fourth-order valence-corrected chi connectivity index (χ4v) is 6.18. The van der Waals surface area contributed by atoms with E-state index in [1.54, 1.807) is 0 Å². The lowest BCUT2D eigenvalue weighted by molar-refractivity contribution is 0.491. The molecular formula is C29H24BrN. The number of nitrogens with one attached hydrogen (secondary N) is 1. The summed E-state index contributed by atoms with van der Waals surface area (Å²) in [7, 11) is 0. The number of hydrogen-bond donors (Lipinski definition) is 1. The van der Waals surface area contributed by atoms with Gasteiger partial charge in [-0.05, 0) is 70.5 Å². The molecule has 6 rings (SSSR count). The highest BCUT2D eigenvalue weighted by atomic mass is 79.9. The number of halogens is 1. The van der Waals surface area contributed by atoms with Crippen LogP contribution in [-0.4, -0.2) is 4.98 Å². The summed E-state index contributed by atoms with van der Waals surface area (Å²) in [5.74, 6) is 0. The molecule has 0 unspecified atom stereocenters. The van der Waals surface area contributed by atoms with Crippen molar-refractivity contribution in [2.24, 2.45) is 0 Å². The minimum atomic E-state index is 0.0421. The number of fused-ring (bicyclic) bond motifs is 6. The van der Waals surface area contributed by atoms with Crippen molar-refractivity contribution in [2.75, 3.05) is 0 Å². The minimum absolute atomic E-state index is 0.0421. The first-order valence-electron chi connectivity index (χ1n) is 11.1. The van der Waals surface area contributed by atoms with Gasteiger partial charge >= 0.3 is 0 Å². The quantitative estimate of drug-likeness (QED) is 0.273. The zero-order valence-electron chi connectivity index (χ0n) is 17.8. The van der Waals surface area contributed by atoms with E-state index in [4.69, 9.17) is 0 Å². The summed E-state index contributed by atoms with van der Waals surface area (Å²) < 4.78 is 1.16. The second-order valence-electron chi connectivity index (χ2n) is 8.64. The van der Waals surface area contributed by atoms with Crippen LogP contribution in [0.5, 0.6) is 0 Å². The lowest BCUT2D eigenvalue weighted by Crippen LogP contribution is -2.24. The number of H-pyrrole nitrogens is 1. The molecule has 2 heteroatoms. The third kappa shape index (κ3) is 2.55. The van der Waals surface area contributed by atoms with Crippen LogP contribution in [0.1, 0.15) is 37.8 Å². The summed E-state index contributed by atoms with van der Waals surface area (Å²) in [5, 5.41) is 2.58. The molecule has 0 aliphatic heterocycles. The number of hydrogen-bond acceptors (Lipinski definition) is 0. The van der Waals surface area contributed by atoms with Gasteiger partial charge in [-0.2, -0.15) is 0 Å². The molecule has 1 aromatic heterocycles. The van der Waals surface area contributed by atoms with E-state index in [1.165, 1.54) is 55.2 Å². The maximum Gasteiger partial charge on any atom is 0.0471 e. The van der Waals surface area contributed by atoms with Gasteiger partial charge in [-0.25, -0.2) is 0 Å². The van der Waals surface area contributed by atoms with E-state index >= 15 is 0 Å². The van der Waals surface area contributed by atoms with Crippen molar-refractivity contribution < 1.29 is 0 Å². The Morgan fingerprint density at radius 1 is 0.710 bits per heavy atom. The average molecular weight is 466 g/mol. The van der Waals surface area contributed by atoms with Crippen molar-refractivity contribution >= 4 is 37.7 Å². The van der Waals surface area contributed by atoms with Crippen molar-refractivity contribution in [1.82, 2.24) is 4.98 Å². The van der Waals surface area contributed by atoms with Crippen LogP contribution in [0, 0.1) is 0 Å². The van der Waals surface area contributed by atoms with Gasteiger partial charge < -0.3 is 4.98 Å². The topological polar surface area (TPSA) is 15.8 Å². The van der Waals surface area contributed by atoms with Gasteiger partial charge in [0.05, 0.1) is 0 Å².